The molecule has 2 N–H and O–H groups in total. The van der Waals surface area contributed by atoms with Gasteiger partial charge < -0.3 is 5.73 Å². The maximum atomic E-state index is 6.06. The lowest BCUT2D eigenvalue weighted by atomic mass is 9.99. The van der Waals surface area contributed by atoms with E-state index in [4.69, 9.17) is 5.73 Å². The fourth-order valence-electron chi connectivity index (χ4n) is 3.17. The SMILES string of the molecule is CC1C(N)CCN1CC1CCCCCC1. The van der Waals surface area contributed by atoms with Gasteiger partial charge in [-0.05, 0) is 32.1 Å². The highest BCUT2D eigenvalue weighted by Gasteiger charge is 2.29. The van der Waals surface area contributed by atoms with Gasteiger partial charge in [-0.15, -0.1) is 0 Å². The summed E-state index contributed by atoms with van der Waals surface area (Å²) in [7, 11) is 0. The molecule has 15 heavy (non-hydrogen) atoms. The Bertz CT molecular complexity index is 185. The van der Waals surface area contributed by atoms with Gasteiger partial charge in [0, 0.05) is 25.2 Å². The Kier molecular flexibility index (Phi) is 4.04. The molecule has 1 saturated carbocycles. The fraction of sp³-hybridized carbons (Fsp3) is 1.00. The van der Waals surface area contributed by atoms with Crippen LogP contribution in [0.3, 0.4) is 0 Å². The normalized spacial score (nSPS) is 35.6. The van der Waals surface area contributed by atoms with Crippen molar-refractivity contribution in [1.29, 1.82) is 0 Å². The lowest BCUT2D eigenvalue weighted by Crippen LogP contribution is -2.39. The maximum Gasteiger partial charge on any atom is 0.0219 e. The number of hydrogen-bond acceptors (Lipinski definition) is 2. The third-order valence-corrected chi connectivity index (χ3v) is 4.41. The average Bonchev–Trinajstić information content (AvgIpc) is 2.50. The summed E-state index contributed by atoms with van der Waals surface area (Å²) in [6.45, 7) is 4.85. The molecule has 2 unspecified atom stereocenters. The molecule has 2 atom stereocenters. The molecule has 2 aliphatic rings. The third kappa shape index (κ3) is 2.94. The smallest absolute Gasteiger partial charge is 0.0219 e. The van der Waals surface area contributed by atoms with Crippen molar-refractivity contribution in [1.82, 2.24) is 4.90 Å². The van der Waals surface area contributed by atoms with Gasteiger partial charge >= 0.3 is 0 Å². The van der Waals surface area contributed by atoms with Gasteiger partial charge in [-0.1, -0.05) is 25.7 Å². The van der Waals surface area contributed by atoms with E-state index in [0.717, 1.165) is 5.92 Å². The second kappa shape index (κ2) is 5.31. The second-order valence-corrected chi connectivity index (χ2v) is 5.55. The topological polar surface area (TPSA) is 29.3 Å². The summed E-state index contributed by atoms with van der Waals surface area (Å²) in [6, 6.07) is 1.05. The second-order valence-electron chi connectivity index (χ2n) is 5.55. The molecule has 2 nitrogen and oxygen atoms in total. The Morgan fingerprint density at radius 3 is 2.27 bits per heavy atom. The number of nitrogens with zero attached hydrogens (tertiary/aromatic N) is 1. The third-order valence-electron chi connectivity index (χ3n) is 4.41. The van der Waals surface area contributed by atoms with Crippen molar-refractivity contribution in [3.8, 4) is 0 Å². The first-order valence-electron chi connectivity index (χ1n) is 6.77. The minimum absolute atomic E-state index is 0.427. The van der Waals surface area contributed by atoms with Crippen LogP contribution in [0, 0.1) is 5.92 Å². The quantitative estimate of drug-likeness (QED) is 0.709. The highest BCUT2D eigenvalue weighted by molar-refractivity contribution is 4.87. The maximum absolute atomic E-state index is 6.06. The Morgan fingerprint density at radius 2 is 1.73 bits per heavy atom. The Morgan fingerprint density at radius 1 is 1.07 bits per heavy atom. The predicted octanol–water partition coefficient (Wildman–Crippen LogP) is 2.38. The number of likely N-dealkylation sites (tertiary alicyclic amines) is 1. The number of rotatable bonds is 2. The van der Waals surface area contributed by atoms with Crippen LogP contribution >= 0.6 is 0 Å². The molecule has 0 spiro atoms. The summed E-state index contributed by atoms with van der Waals surface area (Å²) in [6.07, 6.45) is 9.96. The Labute approximate surface area is 94.2 Å². The summed E-state index contributed by atoms with van der Waals surface area (Å²) >= 11 is 0. The monoisotopic (exact) mass is 210 g/mol. The largest absolute Gasteiger partial charge is 0.326 e. The van der Waals surface area contributed by atoms with E-state index in [1.54, 1.807) is 0 Å². The highest BCUT2D eigenvalue weighted by Crippen LogP contribution is 2.26. The minimum atomic E-state index is 0.427. The van der Waals surface area contributed by atoms with Crippen molar-refractivity contribution < 1.29 is 0 Å². The van der Waals surface area contributed by atoms with Crippen LogP contribution in [-0.4, -0.2) is 30.1 Å². The highest BCUT2D eigenvalue weighted by atomic mass is 15.2. The molecule has 1 saturated heterocycles. The van der Waals surface area contributed by atoms with Crippen LogP contribution in [0.15, 0.2) is 0 Å². The molecule has 0 bridgehead atoms. The van der Waals surface area contributed by atoms with Crippen molar-refractivity contribution in [2.45, 2.75) is 64.0 Å². The fourth-order valence-corrected chi connectivity index (χ4v) is 3.17. The first-order valence-corrected chi connectivity index (χ1v) is 6.77. The predicted molar refractivity (Wildman–Crippen MR) is 64.8 cm³/mol. The van der Waals surface area contributed by atoms with Crippen LogP contribution in [0.4, 0.5) is 0 Å². The Hall–Kier alpha value is -0.0800. The lowest BCUT2D eigenvalue weighted by molar-refractivity contribution is 0.208. The van der Waals surface area contributed by atoms with Crippen molar-refractivity contribution in [3.05, 3.63) is 0 Å². The lowest BCUT2D eigenvalue weighted by Gasteiger charge is -2.27. The number of nitrogens with two attached hydrogens (primary N) is 1. The van der Waals surface area contributed by atoms with Gasteiger partial charge in [0.15, 0.2) is 0 Å². The molecule has 2 heteroatoms. The number of hydrogen-bond donors (Lipinski definition) is 1. The molecule has 88 valence electrons. The van der Waals surface area contributed by atoms with Gasteiger partial charge in [-0.25, -0.2) is 0 Å². The summed E-state index contributed by atoms with van der Waals surface area (Å²) in [4.78, 5) is 2.63. The van der Waals surface area contributed by atoms with Crippen molar-refractivity contribution >= 4 is 0 Å². The molecule has 0 aromatic rings. The first-order chi connectivity index (χ1) is 7.27. The average molecular weight is 210 g/mol. The zero-order chi connectivity index (χ0) is 10.7. The summed E-state index contributed by atoms with van der Waals surface area (Å²) < 4.78 is 0. The van der Waals surface area contributed by atoms with Crippen LogP contribution in [0.5, 0.6) is 0 Å². The van der Waals surface area contributed by atoms with Crippen LogP contribution in [0.25, 0.3) is 0 Å². The van der Waals surface area contributed by atoms with Gasteiger partial charge in [0.25, 0.3) is 0 Å². The van der Waals surface area contributed by atoms with Gasteiger partial charge in [-0.3, -0.25) is 4.90 Å². The molecule has 1 heterocycles. The van der Waals surface area contributed by atoms with E-state index in [1.165, 1.54) is 58.0 Å². The molecule has 2 rings (SSSR count). The minimum Gasteiger partial charge on any atom is -0.326 e. The van der Waals surface area contributed by atoms with E-state index in [-0.39, 0.29) is 0 Å². The first kappa shape index (κ1) is 11.4. The molecule has 0 radical (unpaired) electrons. The van der Waals surface area contributed by atoms with Crippen LogP contribution in [0.1, 0.15) is 51.9 Å². The molecule has 1 aliphatic heterocycles. The van der Waals surface area contributed by atoms with Gasteiger partial charge in [0.05, 0.1) is 0 Å². The van der Waals surface area contributed by atoms with Crippen molar-refractivity contribution in [2.75, 3.05) is 13.1 Å². The summed E-state index contributed by atoms with van der Waals surface area (Å²) in [5.41, 5.74) is 6.06. The molecule has 0 aromatic carbocycles. The van der Waals surface area contributed by atoms with Gasteiger partial charge in [0.1, 0.15) is 0 Å². The molecule has 0 amide bonds. The van der Waals surface area contributed by atoms with E-state index in [2.05, 4.69) is 11.8 Å². The van der Waals surface area contributed by atoms with E-state index in [1.807, 2.05) is 0 Å². The summed E-state index contributed by atoms with van der Waals surface area (Å²) in [5, 5.41) is 0. The molecule has 1 aliphatic carbocycles. The Balaban J connectivity index is 1.80. The van der Waals surface area contributed by atoms with Gasteiger partial charge in [0.2, 0.25) is 0 Å². The van der Waals surface area contributed by atoms with Gasteiger partial charge in [-0.2, -0.15) is 0 Å². The summed E-state index contributed by atoms with van der Waals surface area (Å²) in [5.74, 6) is 0.959. The van der Waals surface area contributed by atoms with E-state index >= 15 is 0 Å². The zero-order valence-electron chi connectivity index (χ0n) is 10.1. The van der Waals surface area contributed by atoms with Crippen LogP contribution in [0.2, 0.25) is 0 Å². The van der Waals surface area contributed by atoms with Crippen molar-refractivity contribution in [2.24, 2.45) is 11.7 Å². The molecular formula is C13H26N2. The van der Waals surface area contributed by atoms with Crippen LogP contribution < -0.4 is 5.73 Å². The molecule has 0 aromatic heterocycles. The van der Waals surface area contributed by atoms with E-state index < -0.39 is 0 Å². The van der Waals surface area contributed by atoms with E-state index in [9.17, 15) is 0 Å². The zero-order valence-corrected chi connectivity index (χ0v) is 10.1. The van der Waals surface area contributed by atoms with Crippen molar-refractivity contribution in [3.63, 3.8) is 0 Å². The standard InChI is InChI=1S/C13H26N2/c1-11-13(14)8-9-15(11)10-12-6-4-2-3-5-7-12/h11-13H,2-10,14H2,1H3. The molecular weight excluding hydrogens is 184 g/mol. The van der Waals surface area contributed by atoms with E-state index in [0.29, 0.717) is 12.1 Å². The van der Waals surface area contributed by atoms with Crippen LogP contribution in [-0.2, 0) is 0 Å². The molecule has 2 fully saturated rings.